The Hall–Kier alpha value is -2.58. The zero-order valence-electron chi connectivity index (χ0n) is 16.2. The second kappa shape index (κ2) is 8.20. The summed E-state index contributed by atoms with van der Waals surface area (Å²) in [7, 11) is 0.877. The minimum absolute atomic E-state index is 0.172. The van der Waals surface area contributed by atoms with Gasteiger partial charge in [-0.2, -0.15) is 4.31 Å². The summed E-state index contributed by atoms with van der Waals surface area (Å²) in [5.74, 6) is 1.04. The summed E-state index contributed by atoms with van der Waals surface area (Å²) < 4.78 is 37.0. The van der Waals surface area contributed by atoms with E-state index >= 15 is 0 Å². The standard InChI is InChI=1S/C20H24N2O5S/c1-21(28(24,25)17-7-5-4-6-8-17)14-20(23)22-10-9-15-11-18(26-2)19(27-3)12-16(15)13-22/h4-8,11-12H,9-10,13-14H2,1-3H3. The number of rotatable bonds is 6. The van der Waals surface area contributed by atoms with Gasteiger partial charge in [0.25, 0.3) is 0 Å². The molecule has 1 aliphatic heterocycles. The SMILES string of the molecule is COc1cc2c(cc1OC)CN(C(=O)CN(C)S(=O)(=O)c1ccccc1)CC2. The van der Waals surface area contributed by atoms with Gasteiger partial charge >= 0.3 is 0 Å². The zero-order chi connectivity index (χ0) is 20.3. The maximum absolute atomic E-state index is 12.7. The Bertz CT molecular complexity index is 960. The zero-order valence-corrected chi connectivity index (χ0v) is 17.0. The molecule has 2 aromatic carbocycles. The van der Waals surface area contributed by atoms with Crippen LogP contribution >= 0.6 is 0 Å². The predicted molar refractivity (Wildman–Crippen MR) is 105 cm³/mol. The van der Waals surface area contributed by atoms with Gasteiger partial charge in [-0.25, -0.2) is 8.42 Å². The molecule has 1 amide bonds. The van der Waals surface area contributed by atoms with Crippen molar-refractivity contribution in [2.75, 3.05) is 34.4 Å². The van der Waals surface area contributed by atoms with Gasteiger partial charge < -0.3 is 14.4 Å². The normalized spacial score (nSPS) is 13.9. The Morgan fingerprint density at radius 3 is 2.29 bits per heavy atom. The summed E-state index contributed by atoms with van der Waals surface area (Å²) in [6.07, 6.45) is 0.677. The number of hydrogen-bond acceptors (Lipinski definition) is 5. The highest BCUT2D eigenvalue weighted by molar-refractivity contribution is 7.89. The van der Waals surface area contributed by atoms with Gasteiger partial charge in [0, 0.05) is 20.1 Å². The minimum Gasteiger partial charge on any atom is -0.493 e. The van der Waals surface area contributed by atoms with Crippen LogP contribution < -0.4 is 9.47 Å². The van der Waals surface area contributed by atoms with Gasteiger partial charge in [-0.15, -0.1) is 0 Å². The van der Waals surface area contributed by atoms with Crippen LogP contribution in [0.4, 0.5) is 0 Å². The Morgan fingerprint density at radius 2 is 1.68 bits per heavy atom. The lowest BCUT2D eigenvalue weighted by Gasteiger charge is -2.31. The molecule has 0 aromatic heterocycles. The first-order chi connectivity index (χ1) is 13.4. The maximum atomic E-state index is 12.7. The molecule has 3 rings (SSSR count). The number of benzene rings is 2. The number of nitrogens with zero attached hydrogens (tertiary/aromatic N) is 2. The van der Waals surface area contributed by atoms with Gasteiger partial charge in [0.05, 0.1) is 25.7 Å². The van der Waals surface area contributed by atoms with Crippen molar-refractivity contribution in [1.82, 2.24) is 9.21 Å². The van der Waals surface area contributed by atoms with Crippen LogP contribution in [0.5, 0.6) is 11.5 Å². The summed E-state index contributed by atoms with van der Waals surface area (Å²) in [6.45, 7) is 0.730. The lowest BCUT2D eigenvalue weighted by Crippen LogP contribution is -2.43. The summed E-state index contributed by atoms with van der Waals surface area (Å²) in [6, 6.07) is 11.9. The third-order valence-electron chi connectivity index (χ3n) is 4.88. The van der Waals surface area contributed by atoms with Crippen LogP contribution in [0, 0.1) is 0 Å². The van der Waals surface area contributed by atoms with E-state index in [2.05, 4.69) is 0 Å². The molecule has 8 heteroatoms. The van der Waals surface area contributed by atoms with Crippen LogP contribution in [-0.4, -0.2) is 57.9 Å². The molecule has 150 valence electrons. The predicted octanol–water partition coefficient (Wildman–Crippen LogP) is 1.91. The van der Waals surface area contributed by atoms with E-state index in [0.29, 0.717) is 31.0 Å². The molecule has 0 bridgehead atoms. The Labute approximate surface area is 165 Å². The quantitative estimate of drug-likeness (QED) is 0.735. The van der Waals surface area contributed by atoms with Crippen LogP contribution in [0.25, 0.3) is 0 Å². The number of carbonyl (C=O) groups is 1. The molecule has 0 fully saturated rings. The Balaban J connectivity index is 1.73. The van der Waals surface area contributed by atoms with Crippen LogP contribution in [0.15, 0.2) is 47.4 Å². The maximum Gasteiger partial charge on any atom is 0.243 e. The summed E-state index contributed by atoms with van der Waals surface area (Å²) >= 11 is 0. The van der Waals surface area contributed by atoms with Crippen molar-refractivity contribution in [3.63, 3.8) is 0 Å². The monoisotopic (exact) mass is 404 g/mol. The van der Waals surface area contributed by atoms with Gasteiger partial charge in [-0.3, -0.25) is 4.79 Å². The van der Waals surface area contributed by atoms with Crippen LogP contribution in [-0.2, 0) is 27.8 Å². The molecule has 0 spiro atoms. The third-order valence-corrected chi connectivity index (χ3v) is 6.70. The largest absolute Gasteiger partial charge is 0.493 e. The lowest BCUT2D eigenvalue weighted by molar-refractivity contribution is -0.132. The van der Waals surface area contributed by atoms with Crippen molar-refractivity contribution in [1.29, 1.82) is 0 Å². The second-order valence-corrected chi connectivity index (χ2v) is 8.66. The van der Waals surface area contributed by atoms with Crippen molar-refractivity contribution in [2.24, 2.45) is 0 Å². The van der Waals surface area contributed by atoms with E-state index in [0.717, 1.165) is 15.4 Å². The van der Waals surface area contributed by atoms with E-state index in [9.17, 15) is 13.2 Å². The molecular weight excluding hydrogens is 380 g/mol. The smallest absolute Gasteiger partial charge is 0.243 e. The fraction of sp³-hybridized carbons (Fsp3) is 0.350. The summed E-state index contributed by atoms with van der Waals surface area (Å²) in [5, 5.41) is 0. The van der Waals surface area contributed by atoms with Crippen LogP contribution in [0.2, 0.25) is 0 Å². The van der Waals surface area contributed by atoms with Crippen molar-refractivity contribution >= 4 is 15.9 Å². The first kappa shape index (κ1) is 20.2. The van der Waals surface area contributed by atoms with Crippen molar-refractivity contribution in [3.8, 4) is 11.5 Å². The van der Waals surface area contributed by atoms with Gasteiger partial charge in [-0.05, 0) is 41.8 Å². The topological polar surface area (TPSA) is 76.2 Å². The molecule has 0 radical (unpaired) electrons. The first-order valence-electron chi connectivity index (χ1n) is 8.89. The fourth-order valence-corrected chi connectivity index (χ4v) is 4.39. The molecule has 0 atom stereocenters. The highest BCUT2D eigenvalue weighted by atomic mass is 32.2. The number of amides is 1. The third kappa shape index (κ3) is 3.98. The van der Waals surface area contributed by atoms with Crippen LogP contribution in [0.3, 0.4) is 0 Å². The number of fused-ring (bicyclic) bond motifs is 1. The number of ether oxygens (including phenoxy) is 2. The van der Waals surface area contributed by atoms with E-state index in [-0.39, 0.29) is 17.3 Å². The molecule has 0 aliphatic carbocycles. The molecule has 0 N–H and O–H groups in total. The summed E-state index contributed by atoms with van der Waals surface area (Å²) in [5.41, 5.74) is 2.08. The average molecular weight is 404 g/mol. The van der Waals surface area contributed by atoms with Crippen molar-refractivity contribution in [3.05, 3.63) is 53.6 Å². The summed E-state index contributed by atoms with van der Waals surface area (Å²) in [4.78, 5) is 14.6. The molecule has 7 nitrogen and oxygen atoms in total. The van der Waals surface area contributed by atoms with E-state index in [1.165, 1.54) is 19.2 Å². The Kier molecular flexibility index (Phi) is 5.90. The highest BCUT2D eigenvalue weighted by Crippen LogP contribution is 2.33. The van der Waals surface area contributed by atoms with E-state index < -0.39 is 10.0 Å². The van der Waals surface area contributed by atoms with Crippen LogP contribution in [0.1, 0.15) is 11.1 Å². The number of likely N-dealkylation sites (N-methyl/N-ethyl adjacent to an activating group) is 1. The molecular formula is C20H24N2O5S. The van der Waals surface area contributed by atoms with E-state index in [1.54, 1.807) is 37.3 Å². The van der Waals surface area contributed by atoms with Crippen molar-refractivity contribution < 1.29 is 22.7 Å². The average Bonchev–Trinajstić information content (AvgIpc) is 2.72. The van der Waals surface area contributed by atoms with E-state index in [4.69, 9.17) is 9.47 Å². The molecule has 0 saturated heterocycles. The molecule has 1 heterocycles. The van der Waals surface area contributed by atoms with Gasteiger partial charge in [0.2, 0.25) is 15.9 Å². The number of carbonyl (C=O) groups excluding carboxylic acids is 1. The highest BCUT2D eigenvalue weighted by Gasteiger charge is 2.27. The number of methoxy groups -OCH3 is 2. The minimum atomic E-state index is -3.70. The van der Waals surface area contributed by atoms with Gasteiger partial charge in [0.15, 0.2) is 11.5 Å². The first-order valence-corrected chi connectivity index (χ1v) is 10.3. The number of sulfonamides is 1. The van der Waals surface area contributed by atoms with Gasteiger partial charge in [0.1, 0.15) is 0 Å². The second-order valence-electron chi connectivity index (χ2n) is 6.62. The fourth-order valence-electron chi connectivity index (χ4n) is 3.24. The number of hydrogen-bond donors (Lipinski definition) is 0. The molecule has 1 aliphatic rings. The molecule has 28 heavy (non-hydrogen) atoms. The molecule has 2 aromatic rings. The molecule has 0 saturated carbocycles. The van der Waals surface area contributed by atoms with Crippen molar-refractivity contribution in [2.45, 2.75) is 17.9 Å². The van der Waals surface area contributed by atoms with E-state index in [1.807, 2.05) is 12.1 Å². The van der Waals surface area contributed by atoms with Gasteiger partial charge in [-0.1, -0.05) is 18.2 Å². The Morgan fingerprint density at radius 1 is 1.07 bits per heavy atom. The lowest BCUT2D eigenvalue weighted by atomic mass is 9.98. The molecule has 0 unspecified atom stereocenters.